The topological polar surface area (TPSA) is 79.2 Å². The number of nitrogens with two attached hydrogens (primary N) is 1. The Kier molecular flexibility index (Phi) is 3.16. The minimum absolute atomic E-state index is 0.0852. The quantitative estimate of drug-likeness (QED) is 0.505. The van der Waals surface area contributed by atoms with E-state index in [1.165, 1.54) is 5.56 Å². The second-order valence-corrected chi connectivity index (χ2v) is 4.79. The summed E-state index contributed by atoms with van der Waals surface area (Å²) in [6.45, 7) is 0. The van der Waals surface area contributed by atoms with Gasteiger partial charge in [0.05, 0.1) is 5.69 Å². The average molecular weight is 268 g/mol. The summed E-state index contributed by atoms with van der Waals surface area (Å²) >= 11 is 0. The van der Waals surface area contributed by atoms with Crippen LogP contribution in [0.25, 0.3) is 0 Å². The van der Waals surface area contributed by atoms with E-state index in [1.54, 1.807) is 12.1 Å². The molecular formula is C15H16N4O. The van der Waals surface area contributed by atoms with E-state index in [9.17, 15) is 4.79 Å². The molecule has 5 nitrogen and oxygen atoms in total. The fourth-order valence-electron chi connectivity index (χ4n) is 2.24. The van der Waals surface area contributed by atoms with Crippen LogP contribution in [0, 0.1) is 0 Å². The van der Waals surface area contributed by atoms with Crippen molar-refractivity contribution in [2.45, 2.75) is 12.5 Å². The Balaban J connectivity index is 1.57. The molecule has 0 aromatic heterocycles. The van der Waals surface area contributed by atoms with E-state index in [2.05, 4.69) is 16.2 Å². The summed E-state index contributed by atoms with van der Waals surface area (Å²) in [6, 6.07) is 14.9. The van der Waals surface area contributed by atoms with E-state index in [0.29, 0.717) is 12.1 Å². The molecule has 20 heavy (non-hydrogen) atoms. The van der Waals surface area contributed by atoms with Crippen LogP contribution in [0.15, 0.2) is 48.5 Å². The molecule has 5 heteroatoms. The molecule has 0 aliphatic carbocycles. The lowest BCUT2D eigenvalue weighted by Gasteiger charge is -2.13. The van der Waals surface area contributed by atoms with E-state index in [-0.39, 0.29) is 11.9 Å². The molecule has 0 radical (unpaired) electrons. The van der Waals surface area contributed by atoms with Crippen molar-refractivity contribution in [2.24, 2.45) is 0 Å². The van der Waals surface area contributed by atoms with E-state index in [0.717, 1.165) is 11.4 Å². The third-order valence-corrected chi connectivity index (χ3v) is 3.33. The summed E-state index contributed by atoms with van der Waals surface area (Å²) in [6.07, 6.45) is 0.700. The van der Waals surface area contributed by atoms with Gasteiger partial charge in [0.25, 0.3) is 5.91 Å². The van der Waals surface area contributed by atoms with Gasteiger partial charge in [-0.15, -0.1) is 0 Å². The molecule has 0 spiro atoms. The highest BCUT2D eigenvalue weighted by molar-refractivity contribution is 5.88. The number of carbonyl (C=O) groups is 1. The molecule has 5 N–H and O–H groups in total. The van der Waals surface area contributed by atoms with Crippen molar-refractivity contribution < 1.29 is 4.79 Å². The van der Waals surface area contributed by atoms with E-state index < -0.39 is 0 Å². The van der Waals surface area contributed by atoms with Crippen molar-refractivity contribution in [3.05, 3.63) is 54.1 Å². The zero-order valence-corrected chi connectivity index (χ0v) is 10.9. The van der Waals surface area contributed by atoms with Gasteiger partial charge in [0.2, 0.25) is 0 Å². The molecule has 102 valence electrons. The van der Waals surface area contributed by atoms with Gasteiger partial charge in [0, 0.05) is 17.8 Å². The van der Waals surface area contributed by atoms with Crippen LogP contribution in [0.4, 0.5) is 17.1 Å². The number of hydrazine groups is 1. The lowest BCUT2D eigenvalue weighted by molar-refractivity contribution is -0.121. The lowest BCUT2D eigenvalue weighted by Crippen LogP contribution is -2.41. The third kappa shape index (κ3) is 2.51. The number of carbonyl (C=O) groups excluding carboxylic acids is 1. The number of nitrogens with one attached hydrogen (secondary N) is 3. The maximum Gasteiger partial charge on any atom is 0.261 e. The monoisotopic (exact) mass is 268 g/mol. The lowest BCUT2D eigenvalue weighted by atomic mass is 10.1. The van der Waals surface area contributed by atoms with Gasteiger partial charge in [-0.3, -0.25) is 15.6 Å². The highest BCUT2D eigenvalue weighted by Gasteiger charge is 2.25. The zero-order chi connectivity index (χ0) is 13.9. The first kappa shape index (κ1) is 12.3. The standard InChI is InChI=1S/C15H16N4O/c16-11-5-7-12(8-6-11)18-19-15(20)14-9-10-3-1-2-4-13(10)17-14/h1-8,14,17-18H,9,16H2,(H,19,20)/t14-/m0/s1. The Morgan fingerprint density at radius 3 is 2.65 bits per heavy atom. The maximum absolute atomic E-state index is 12.1. The van der Waals surface area contributed by atoms with Gasteiger partial charge in [-0.2, -0.15) is 0 Å². The molecule has 0 unspecified atom stereocenters. The van der Waals surface area contributed by atoms with E-state index in [4.69, 9.17) is 5.73 Å². The molecule has 0 saturated carbocycles. The van der Waals surface area contributed by atoms with Gasteiger partial charge in [-0.05, 0) is 35.9 Å². The summed E-state index contributed by atoms with van der Waals surface area (Å²) in [5, 5.41) is 3.21. The second kappa shape index (κ2) is 5.13. The number of anilines is 3. The normalized spacial score (nSPS) is 16.1. The van der Waals surface area contributed by atoms with Crippen LogP contribution in [0.3, 0.4) is 0 Å². The Bertz CT molecular complexity index is 599. The molecule has 1 aliphatic rings. The maximum atomic E-state index is 12.1. The molecule has 0 fully saturated rings. The fourth-order valence-corrected chi connectivity index (χ4v) is 2.24. The molecule has 1 atom stereocenters. The molecule has 0 saturated heterocycles. The summed E-state index contributed by atoms with van der Waals surface area (Å²) in [5.74, 6) is -0.0852. The molecule has 3 rings (SSSR count). The molecule has 2 aromatic carbocycles. The van der Waals surface area contributed by atoms with Gasteiger partial charge < -0.3 is 11.1 Å². The third-order valence-electron chi connectivity index (χ3n) is 3.33. The second-order valence-electron chi connectivity index (χ2n) is 4.79. The average Bonchev–Trinajstić information content (AvgIpc) is 2.90. The van der Waals surface area contributed by atoms with E-state index in [1.807, 2.05) is 36.4 Å². The highest BCUT2D eigenvalue weighted by atomic mass is 16.2. The van der Waals surface area contributed by atoms with E-state index >= 15 is 0 Å². The Labute approximate surface area is 117 Å². The number of hydrogen-bond donors (Lipinski definition) is 4. The molecule has 1 heterocycles. The first-order valence-corrected chi connectivity index (χ1v) is 6.48. The van der Waals surface area contributed by atoms with Crippen molar-refractivity contribution >= 4 is 23.0 Å². The van der Waals surface area contributed by atoms with Gasteiger partial charge >= 0.3 is 0 Å². The summed E-state index contributed by atoms with van der Waals surface area (Å²) in [5.41, 5.74) is 14.9. The van der Waals surface area contributed by atoms with Crippen molar-refractivity contribution in [2.75, 3.05) is 16.5 Å². The van der Waals surface area contributed by atoms with Crippen LogP contribution in [-0.2, 0) is 11.2 Å². The number of benzene rings is 2. The first-order chi connectivity index (χ1) is 9.72. The first-order valence-electron chi connectivity index (χ1n) is 6.48. The van der Waals surface area contributed by atoms with Crippen LogP contribution < -0.4 is 21.9 Å². The largest absolute Gasteiger partial charge is 0.399 e. The predicted molar refractivity (Wildman–Crippen MR) is 80.2 cm³/mol. The number of rotatable bonds is 3. The minimum Gasteiger partial charge on any atom is -0.399 e. The van der Waals surface area contributed by atoms with Crippen LogP contribution >= 0.6 is 0 Å². The Morgan fingerprint density at radius 1 is 1.15 bits per heavy atom. The molecule has 1 aliphatic heterocycles. The van der Waals surface area contributed by atoms with Crippen molar-refractivity contribution in [3.8, 4) is 0 Å². The zero-order valence-electron chi connectivity index (χ0n) is 10.9. The fraction of sp³-hybridized carbons (Fsp3) is 0.133. The number of para-hydroxylation sites is 1. The van der Waals surface area contributed by atoms with Crippen molar-refractivity contribution in [3.63, 3.8) is 0 Å². The summed E-state index contributed by atoms with van der Waals surface area (Å²) < 4.78 is 0. The predicted octanol–water partition coefficient (Wildman–Crippen LogP) is 1.75. The van der Waals surface area contributed by atoms with Gasteiger partial charge in [-0.25, -0.2) is 0 Å². The molecular weight excluding hydrogens is 252 g/mol. The minimum atomic E-state index is -0.242. The summed E-state index contributed by atoms with van der Waals surface area (Å²) in [4.78, 5) is 12.1. The van der Waals surface area contributed by atoms with Gasteiger partial charge in [0.15, 0.2) is 0 Å². The number of amides is 1. The highest BCUT2D eigenvalue weighted by Crippen LogP contribution is 2.25. The number of hydrogen-bond acceptors (Lipinski definition) is 4. The SMILES string of the molecule is Nc1ccc(NNC(=O)[C@@H]2Cc3ccccc3N2)cc1. The smallest absolute Gasteiger partial charge is 0.261 e. The number of nitrogen functional groups attached to an aromatic ring is 1. The van der Waals surface area contributed by atoms with Crippen molar-refractivity contribution in [1.82, 2.24) is 5.43 Å². The van der Waals surface area contributed by atoms with Crippen LogP contribution in [0.2, 0.25) is 0 Å². The molecule has 1 amide bonds. The Hall–Kier alpha value is -2.69. The van der Waals surface area contributed by atoms with Crippen LogP contribution in [0.1, 0.15) is 5.56 Å². The Morgan fingerprint density at radius 2 is 1.90 bits per heavy atom. The van der Waals surface area contributed by atoms with Gasteiger partial charge in [-0.1, -0.05) is 18.2 Å². The molecule has 2 aromatic rings. The van der Waals surface area contributed by atoms with Crippen LogP contribution in [0.5, 0.6) is 0 Å². The van der Waals surface area contributed by atoms with Gasteiger partial charge in [0.1, 0.15) is 6.04 Å². The van der Waals surface area contributed by atoms with Crippen LogP contribution in [-0.4, -0.2) is 11.9 Å². The number of fused-ring (bicyclic) bond motifs is 1. The molecule has 0 bridgehead atoms. The summed E-state index contributed by atoms with van der Waals surface area (Å²) in [7, 11) is 0. The van der Waals surface area contributed by atoms with Crippen molar-refractivity contribution in [1.29, 1.82) is 0 Å².